The van der Waals surface area contributed by atoms with Crippen LogP contribution in [-0.2, 0) is 0 Å². The third kappa shape index (κ3) is 3.57. The highest BCUT2D eigenvalue weighted by atomic mass is 16.6. The summed E-state index contributed by atoms with van der Waals surface area (Å²) in [6, 6.07) is 45.5. The summed E-state index contributed by atoms with van der Waals surface area (Å²) in [6.07, 6.45) is 0. The molecule has 2 aromatic heterocycles. The van der Waals surface area contributed by atoms with E-state index in [2.05, 4.69) is 89.5 Å². The average Bonchev–Trinajstić information content (AvgIpc) is 3.32. The summed E-state index contributed by atoms with van der Waals surface area (Å²) >= 11 is 0. The first-order chi connectivity index (χ1) is 19.3. The molecule has 0 saturated carbocycles. The first-order valence-electron chi connectivity index (χ1n) is 13.0. The number of hydrogen-bond donors (Lipinski definition) is 0. The number of para-hydroxylation sites is 3. The van der Waals surface area contributed by atoms with Gasteiger partial charge in [-0.05, 0) is 47.5 Å². The molecule has 184 valence electrons. The smallest absolute Gasteiger partial charge is 0.172 e. The van der Waals surface area contributed by atoms with Gasteiger partial charge in [-0.3, -0.25) is 4.57 Å². The molecular weight excluding hydrogens is 480 g/mol. The summed E-state index contributed by atoms with van der Waals surface area (Å²) in [4.78, 5) is 5.21. The summed E-state index contributed by atoms with van der Waals surface area (Å²) in [5.74, 6) is 3.67. The van der Waals surface area contributed by atoms with Crippen LogP contribution < -0.4 is 9.47 Å². The van der Waals surface area contributed by atoms with Crippen molar-refractivity contribution in [3.8, 4) is 51.2 Å². The lowest BCUT2D eigenvalue weighted by molar-refractivity contribution is 0.360. The number of ether oxygens (including phenoxy) is 2. The molecule has 8 rings (SSSR count). The fourth-order valence-corrected chi connectivity index (χ4v) is 5.42. The van der Waals surface area contributed by atoms with Crippen LogP contribution in [0.25, 0.3) is 50.0 Å². The number of aromatic nitrogens is 2. The van der Waals surface area contributed by atoms with Gasteiger partial charge in [-0.2, -0.15) is 0 Å². The number of hydrogen-bond acceptors (Lipinski definition) is 3. The van der Waals surface area contributed by atoms with Crippen molar-refractivity contribution < 1.29 is 9.47 Å². The molecule has 39 heavy (non-hydrogen) atoms. The molecule has 0 bridgehead atoms. The number of pyridine rings is 1. The molecule has 1 aliphatic heterocycles. The standard InChI is InChI=1S/C35H22N2O2/c1-3-11-23(12-4-1)25-19-28(24-13-5-2-6-14-24)36-35(20-25)37-29-16-8-7-15-26(29)27-21-33-34(22-30(27)37)39-32-18-10-9-17-31(32)38-33/h1-22H. The maximum atomic E-state index is 6.30. The molecule has 0 unspecified atom stereocenters. The highest BCUT2D eigenvalue weighted by Crippen LogP contribution is 2.48. The molecule has 4 heteroatoms. The lowest BCUT2D eigenvalue weighted by atomic mass is 10.0. The Labute approximate surface area is 225 Å². The van der Waals surface area contributed by atoms with E-state index in [0.717, 1.165) is 55.8 Å². The van der Waals surface area contributed by atoms with Crippen LogP contribution in [0.15, 0.2) is 133 Å². The van der Waals surface area contributed by atoms with Crippen molar-refractivity contribution in [3.05, 3.63) is 133 Å². The normalized spacial score (nSPS) is 12.0. The second-order valence-corrected chi connectivity index (χ2v) is 9.65. The van der Waals surface area contributed by atoms with Gasteiger partial charge in [-0.25, -0.2) is 4.98 Å². The fraction of sp³-hybridized carbons (Fsp3) is 0. The third-order valence-electron chi connectivity index (χ3n) is 7.24. The number of nitrogens with zero attached hydrogens (tertiary/aromatic N) is 2. The molecule has 1 aliphatic rings. The monoisotopic (exact) mass is 502 g/mol. The molecular formula is C35H22N2O2. The van der Waals surface area contributed by atoms with Crippen LogP contribution in [0, 0.1) is 0 Å². The summed E-state index contributed by atoms with van der Waals surface area (Å²) in [5, 5.41) is 2.21. The predicted molar refractivity (Wildman–Crippen MR) is 156 cm³/mol. The van der Waals surface area contributed by atoms with Crippen LogP contribution in [0.5, 0.6) is 23.0 Å². The largest absolute Gasteiger partial charge is 0.449 e. The predicted octanol–water partition coefficient (Wildman–Crippen LogP) is 9.41. The van der Waals surface area contributed by atoms with E-state index in [4.69, 9.17) is 14.5 Å². The fourth-order valence-electron chi connectivity index (χ4n) is 5.42. The summed E-state index contributed by atoms with van der Waals surface area (Å²) in [7, 11) is 0. The van der Waals surface area contributed by atoms with E-state index in [1.54, 1.807) is 0 Å². The first kappa shape index (κ1) is 21.7. The number of rotatable bonds is 3. The lowest BCUT2D eigenvalue weighted by Crippen LogP contribution is -2.01. The van der Waals surface area contributed by atoms with E-state index < -0.39 is 0 Å². The van der Waals surface area contributed by atoms with Crippen molar-refractivity contribution in [2.45, 2.75) is 0 Å². The molecule has 3 heterocycles. The molecule has 0 amide bonds. The SMILES string of the molecule is c1ccc(-c2cc(-c3ccccc3)nc(-n3c4ccccc4c4cc5c(cc43)Oc3ccccc3O5)c2)cc1. The molecule has 0 N–H and O–H groups in total. The van der Waals surface area contributed by atoms with Crippen LogP contribution in [0.4, 0.5) is 0 Å². The summed E-state index contributed by atoms with van der Waals surface area (Å²) in [6.45, 7) is 0. The van der Waals surface area contributed by atoms with Gasteiger partial charge in [0.25, 0.3) is 0 Å². The van der Waals surface area contributed by atoms with Crippen molar-refractivity contribution in [3.63, 3.8) is 0 Å². The first-order valence-corrected chi connectivity index (χ1v) is 13.0. The Balaban J connectivity index is 1.41. The molecule has 0 atom stereocenters. The molecule has 0 aliphatic carbocycles. The summed E-state index contributed by atoms with van der Waals surface area (Å²) < 4.78 is 14.8. The van der Waals surface area contributed by atoms with Crippen molar-refractivity contribution in [2.75, 3.05) is 0 Å². The average molecular weight is 503 g/mol. The molecule has 0 saturated heterocycles. The Kier molecular flexibility index (Phi) is 4.79. The second-order valence-electron chi connectivity index (χ2n) is 9.65. The van der Waals surface area contributed by atoms with E-state index >= 15 is 0 Å². The van der Waals surface area contributed by atoms with Crippen LogP contribution in [0.2, 0.25) is 0 Å². The Morgan fingerprint density at radius 1 is 0.436 bits per heavy atom. The van der Waals surface area contributed by atoms with Crippen molar-refractivity contribution in [1.82, 2.24) is 9.55 Å². The van der Waals surface area contributed by atoms with Gasteiger partial charge in [0.1, 0.15) is 5.82 Å². The molecule has 7 aromatic rings. The quantitative estimate of drug-likeness (QED) is 0.241. The summed E-state index contributed by atoms with van der Waals surface area (Å²) in [5.41, 5.74) is 6.33. The Hall–Kier alpha value is -5.35. The third-order valence-corrected chi connectivity index (χ3v) is 7.24. The zero-order valence-electron chi connectivity index (χ0n) is 20.9. The van der Waals surface area contributed by atoms with E-state index in [0.29, 0.717) is 17.2 Å². The van der Waals surface area contributed by atoms with Gasteiger partial charge in [0, 0.05) is 22.4 Å². The Bertz CT molecular complexity index is 1950. The van der Waals surface area contributed by atoms with Crippen LogP contribution >= 0.6 is 0 Å². The van der Waals surface area contributed by atoms with E-state index in [-0.39, 0.29) is 0 Å². The van der Waals surface area contributed by atoms with Gasteiger partial charge in [0.15, 0.2) is 23.0 Å². The molecule has 5 aromatic carbocycles. The van der Waals surface area contributed by atoms with Gasteiger partial charge in [-0.15, -0.1) is 0 Å². The van der Waals surface area contributed by atoms with Gasteiger partial charge >= 0.3 is 0 Å². The number of benzene rings is 5. The van der Waals surface area contributed by atoms with Crippen molar-refractivity contribution >= 4 is 21.8 Å². The minimum atomic E-state index is 0.688. The zero-order chi connectivity index (χ0) is 25.8. The van der Waals surface area contributed by atoms with Crippen molar-refractivity contribution in [2.24, 2.45) is 0 Å². The van der Waals surface area contributed by atoms with Crippen LogP contribution in [0.3, 0.4) is 0 Å². The van der Waals surface area contributed by atoms with Crippen LogP contribution in [-0.4, -0.2) is 9.55 Å². The highest BCUT2D eigenvalue weighted by Gasteiger charge is 2.23. The Morgan fingerprint density at radius 2 is 1.05 bits per heavy atom. The van der Waals surface area contributed by atoms with Crippen molar-refractivity contribution in [1.29, 1.82) is 0 Å². The highest BCUT2D eigenvalue weighted by molar-refractivity contribution is 6.10. The maximum absolute atomic E-state index is 6.30. The second kappa shape index (κ2) is 8.61. The van der Waals surface area contributed by atoms with Gasteiger partial charge in [0.2, 0.25) is 0 Å². The molecule has 0 fully saturated rings. The minimum Gasteiger partial charge on any atom is -0.449 e. The lowest BCUT2D eigenvalue weighted by Gasteiger charge is -2.20. The van der Waals surface area contributed by atoms with E-state index in [1.807, 2.05) is 48.5 Å². The minimum absolute atomic E-state index is 0.688. The Morgan fingerprint density at radius 3 is 1.79 bits per heavy atom. The molecule has 0 radical (unpaired) electrons. The van der Waals surface area contributed by atoms with E-state index in [1.165, 1.54) is 0 Å². The molecule has 0 spiro atoms. The number of fused-ring (bicyclic) bond motifs is 5. The van der Waals surface area contributed by atoms with Crippen LogP contribution in [0.1, 0.15) is 0 Å². The van der Waals surface area contributed by atoms with Gasteiger partial charge in [0.05, 0.1) is 16.7 Å². The topological polar surface area (TPSA) is 36.3 Å². The van der Waals surface area contributed by atoms with Gasteiger partial charge in [-0.1, -0.05) is 91.0 Å². The van der Waals surface area contributed by atoms with E-state index in [9.17, 15) is 0 Å². The van der Waals surface area contributed by atoms with Gasteiger partial charge < -0.3 is 9.47 Å². The maximum Gasteiger partial charge on any atom is 0.172 e. The molecule has 4 nitrogen and oxygen atoms in total. The zero-order valence-corrected chi connectivity index (χ0v) is 20.9.